The lowest BCUT2D eigenvalue weighted by molar-refractivity contribution is -0.153. The van der Waals surface area contributed by atoms with Crippen molar-refractivity contribution in [3.63, 3.8) is 0 Å². The van der Waals surface area contributed by atoms with Gasteiger partial charge in [0.25, 0.3) is 0 Å². The van der Waals surface area contributed by atoms with Crippen molar-refractivity contribution in [2.45, 2.75) is 97.5 Å². The van der Waals surface area contributed by atoms with Crippen LogP contribution in [0.5, 0.6) is 0 Å². The van der Waals surface area contributed by atoms with Gasteiger partial charge in [0.2, 0.25) is 0 Å². The highest BCUT2D eigenvalue weighted by Crippen LogP contribution is 2.68. The minimum absolute atomic E-state index is 0.225. The summed E-state index contributed by atoms with van der Waals surface area (Å²) in [4.78, 5) is 11.5. The summed E-state index contributed by atoms with van der Waals surface area (Å²) in [5.74, 6) is 4.10. The van der Waals surface area contributed by atoms with Crippen molar-refractivity contribution in [2.75, 3.05) is 0 Å². The fourth-order valence-corrected chi connectivity index (χ4v) is 8.64. The Labute approximate surface area is 160 Å². The second-order valence-corrected chi connectivity index (χ2v) is 11.2. The van der Waals surface area contributed by atoms with Crippen molar-refractivity contribution < 1.29 is 9.90 Å². The maximum absolute atomic E-state index is 11.5. The first-order chi connectivity index (χ1) is 12.3. The second kappa shape index (κ2) is 6.33. The van der Waals surface area contributed by atoms with Crippen LogP contribution in [0.1, 0.15) is 91.9 Å². The number of fused-ring (bicyclic) bond motifs is 5. The molecule has 0 heterocycles. The first-order valence-electron chi connectivity index (χ1n) is 11.4. The number of rotatable bonds is 3. The Hall–Kier alpha value is -0.370. The summed E-state index contributed by atoms with van der Waals surface area (Å²) in [7, 11) is 0. The molecule has 4 aliphatic carbocycles. The molecule has 0 radical (unpaired) electrons. The molecule has 148 valence electrons. The van der Waals surface area contributed by atoms with E-state index in [1.165, 1.54) is 51.2 Å². The molecule has 0 aromatic rings. The number of carbonyl (C=O) groups excluding carboxylic acids is 1. The highest BCUT2D eigenvalue weighted by atomic mass is 16.3. The van der Waals surface area contributed by atoms with E-state index in [2.05, 4.69) is 27.7 Å². The van der Waals surface area contributed by atoms with Gasteiger partial charge in [-0.3, -0.25) is 0 Å². The van der Waals surface area contributed by atoms with Crippen LogP contribution in [-0.4, -0.2) is 17.0 Å². The van der Waals surface area contributed by atoms with E-state index in [1.54, 1.807) is 0 Å². The van der Waals surface area contributed by atoms with E-state index in [-0.39, 0.29) is 5.92 Å². The molecular weight excluding hydrogens is 320 g/mol. The third-order valence-electron chi connectivity index (χ3n) is 10.4. The van der Waals surface area contributed by atoms with Gasteiger partial charge in [-0.25, -0.2) is 0 Å². The molecule has 0 unspecified atom stereocenters. The standard InChI is InChI=1S/C24H40O2/c1-5-24(26)13-12-22(3)17(14-24)6-7-18-20-9-8-19(16(2)15-25)23(20,4)11-10-21(18)22/h15-21,26H,5-14H2,1-4H3/t16-,17-,18+,19-,20+,21+,22+,23-,24-/m1/s1. The van der Waals surface area contributed by atoms with Crippen molar-refractivity contribution >= 4 is 6.29 Å². The fraction of sp³-hybridized carbons (Fsp3) is 0.958. The maximum atomic E-state index is 11.5. The molecule has 0 bridgehead atoms. The van der Waals surface area contributed by atoms with E-state index in [4.69, 9.17) is 0 Å². The van der Waals surface area contributed by atoms with Crippen LogP contribution in [0, 0.1) is 46.3 Å². The monoisotopic (exact) mass is 360 g/mol. The van der Waals surface area contributed by atoms with E-state index < -0.39 is 5.60 Å². The largest absolute Gasteiger partial charge is 0.390 e. The molecule has 4 saturated carbocycles. The molecule has 0 aromatic heterocycles. The van der Waals surface area contributed by atoms with Gasteiger partial charge in [0.05, 0.1) is 5.60 Å². The molecular formula is C24H40O2. The smallest absolute Gasteiger partial charge is 0.123 e. The minimum Gasteiger partial charge on any atom is -0.390 e. The van der Waals surface area contributed by atoms with E-state index in [0.717, 1.165) is 42.9 Å². The minimum atomic E-state index is -0.391. The van der Waals surface area contributed by atoms with Crippen LogP contribution >= 0.6 is 0 Å². The van der Waals surface area contributed by atoms with Crippen LogP contribution in [0.25, 0.3) is 0 Å². The summed E-state index contributed by atoms with van der Waals surface area (Å²) < 4.78 is 0. The van der Waals surface area contributed by atoms with Crippen LogP contribution in [0.4, 0.5) is 0 Å². The van der Waals surface area contributed by atoms with Gasteiger partial charge in [-0.05, 0) is 105 Å². The van der Waals surface area contributed by atoms with Gasteiger partial charge >= 0.3 is 0 Å². The topological polar surface area (TPSA) is 37.3 Å². The molecule has 2 nitrogen and oxygen atoms in total. The summed E-state index contributed by atoms with van der Waals surface area (Å²) >= 11 is 0. The highest BCUT2D eigenvalue weighted by Gasteiger charge is 2.61. The number of aliphatic hydroxyl groups is 1. The molecule has 0 saturated heterocycles. The molecule has 0 spiro atoms. The van der Waals surface area contributed by atoms with Gasteiger partial charge in [-0.1, -0.05) is 27.7 Å². The highest BCUT2D eigenvalue weighted by molar-refractivity contribution is 5.53. The van der Waals surface area contributed by atoms with E-state index >= 15 is 0 Å². The van der Waals surface area contributed by atoms with E-state index in [1.807, 2.05) is 0 Å². The van der Waals surface area contributed by atoms with Crippen molar-refractivity contribution in [1.82, 2.24) is 0 Å². The second-order valence-electron chi connectivity index (χ2n) is 11.2. The Bertz CT molecular complexity index is 558. The number of hydrogen-bond acceptors (Lipinski definition) is 2. The van der Waals surface area contributed by atoms with Crippen LogP contribution in [-0.2, 0) is 4.79 Å². The summed E-state index contributed by atoms with van der Waals surface area (Å²) in [5.41, 5.74) is 0.446. The van der Waals surface area contributed by atoms with E-state index in [0.29, 0.717) is 16.7 Å². The Morgan fingerprint density at radius 1 is 1.00 bits per heavy atom. The van der Waals surface area contributed by atoms with Crippen molar-refractivity contribution in [2.24, 2.45) is 46.3 Å². The average molecular weight is 361 g/mol. The van der Waals surface area contributed by atoms with Crippen molar-refractivity contribution in [1.29, 1.82) is 0 Å². The van der Waals surface area contributed by atoms with Gasteiger partial charge in [0, 0.05) is 5.92 Å². The lowest BCUT2D eigenvalue weighted by Gasteiger charge is -2.62. The Morgan fingerprint density at radius 2 is 1.73 bits per heavy atom. The lowest BCUT2D eigenvalue weighted by atomic mass is 9.43. The molecule has 2 heteroatoms. The normalized spacial score (nSPS) is 54.7. The molecule has 4 aliphatic rings. The zero-order valence-corrected chi connectivity index (χ0v) is 17.5. The van der Waals surface area contributed by atoms with Gasteiger partial charge in [-0.2, -0.15) is 0 Å². The van der Waals surface area contributed by atoms with Gasteiger partial charge in [-0.15, -0.1) is 0 Å². The molecule has 4 fully saturated rings. The third-order valence-corrected chi connectivity index (χ3v) is 10.4. The fourth-order valence-electron chi connectivity index (χ4n) is 8.64. The van der Waals surface area contributed by atoms with E-state index in [9.17, 15) is 9.90 Å². The number of aldehydes is 1. The maximum Gasteiger partial charge on any atom is 0.123 e. The molecule has 4 rings (SSSR count). The molecule has 26 heavy (non-hydrogen) atoms. The zero-order valence-electron chi connectivity index (χ0n) is 17.5. The summed E-state index contributed by atoms with van der Waals surface area (Å²) in [6.45, 7) is 9.42. The lowest BCUT2D eigenvalue weighted by Crippen LogP contribution is -2.56. The Balaban J connectivity index is 1.58. The van der Waals surface area contributed by atoms with Crippen molar-refractivity contribution in [3.8, 4) is 0 Å². The first kappa shape index (κ1) is 19.0. The van der Waals surface area contributed by atoms with Crippen LogP contribution in [0.2, 0.25) is 0 Å². The summed E-state index contributed by atoms with van der Waals surface area (Å²) in [6.07, 6.45) is 13.4. The Morgan fingerprint density at radius 3 is 2.42 bits per heavy atom. The van der Waals surface area contributed by atoms with Crippen LogP contribution < -0.4 is 0 Å². The third kappa shape index (κ3) is 2.57. The quantitative estimate of drug-likeness (QED) is 0.663. The Kier molecular flexibility index (Phi) is 4.61. The number of hydrogen-bond donors (Lipinski definition) is 1. The first-order valence-corrected chi connectivity index (χ1v) is 11.4. The zero-order chi connectivity index (χ0) is 18.7. The molecule has 9 atom stereocenters. The van der Waals surface area contributed by atoms with Crippen molar-refractivity contribution in [3.05, 3.63) is 0 Å². The molecule has 0 aliphatic heterocycles. The summed E-state index contributed by atoms with van der Waals surface area (Å²) in [5, 5.41) is 10.9. The predicted molar refractivity (Wildman–Crippen MR) is 106 cm³/mol. The van der Waals surface area contributed by atoms with Gasteiger partial charge in [0.1, 0.15) is 6.29 Å². The number of carbonyl (C=O) groups is 1. The predicted octanol–water partition coefficient (Wildman–Crippen LogP) is 5.62. The molecule has 0 aromatic carbocycles. The molecule has 0 amide bonds. The van der Waals surface area contributed by atoms with Crippen LogP contribution in [0.3, 0.4) is 0 Å². The summed E-state index contributed by atoms with van der Waals surface area (Å²) in [6, 6.07) is 0. The van der Waals surface area contributed by atoms with Gasteiger partial charge < -0.3 is 9.90 Å². The molecule has 1 N–H and O–H groups in total. The average Bonchev–Trinajstić information content (AvgIpc) is 2.99. The van der Waals surface area contributed by atoms with Gasteiger partial charge in [0.15, 0.2) is 0 Å². The SMILES string of the molecule is CC[C@@]1(O)CC[C@@]2(C)[C@H](CC[C@@H]3[C@@H]2CC[C@]2(C)[C@@H]([C@H](C)C=O)CC[C@@H]32)C1. The van der Waals surface area contributed by atoms with Crippen LogP contribution in [0.15, 0.2) is 0 Å².